The predicted molar refractivity (Wildman–Crippen MR) is 64.8 cm³/mol. The lowest BCUT2D eigenvalue weighted by Crippen LogP contribution is -2.10. The third kappa shape index (κ3) is 1.69. The van der Waals surface area contributed by atoms with Crippen molar-refractivity contribution in [3.8, 4) is 0 Å². The second-order valence-corrected chi connectivity index (χ2v) is 4.46. The summed E-state index contributed by atoms with van der Waals surface area (Å²) in [6.07, 6.45) is 0.638. The van der Waals surface area contributed by atoms with Crippen LogP contribution in [0.1, 0.15) is 40.7 Å². The van der Waals surface area contributed by atoms with Gasteiger partial charge in [0.25, 0.3) is 0 Å². The minimum Gasteiger partial charge on any atom is -0.478 e. The molecule has 17 heavy (non-hydrogen) atoms. The van der Waals surface area contributed by atoms with Crippen LogP contribution >= 0.6 is 11.6 Å². The van der Waals surface area contributed by atoms with Crippen LogP contribution in [0.4, 0.5) is 5.69 Å². The van der Waals surface area contributed by atoms with E-state index >= 15 is 0 Å². The molecule has 0 aromatic heterocycles. The number of fused-ring (bicyclic) bond motifs is 1. The number of carbonyl (C=O) groups is 2. The zero-order valence-electron chi connectivity index (χ0n) is 9.50. The number of amides is 1. The van der Waals surface area contributed by atoms with Crippen molar-refractivity contribution >= 4 is 29.2 Å². The molecule has 1 aliphatic rings. The number of aromatic carboxylic acids is 1. The Kier molecular flexibility index (Phi) is 2.83. The lowest BCUT2D eigenvalue weighted by molar-refractivity contribution is -0.117. The average Bonchev–Trinajstić information content (AvgIpc) is 2.59. The molecular formula is C12H12ClNO3. The molecule has 0 aliphatic carbocycles. The summed E-state index contributed by atoms with van der Waals surface area (Å²) in [5.41, 5.74) is 2.07. The van der Waals surface area contributed by atoms with E-state index in [9.17, 15) is 9.59 Å². The summed E-state index contributed by atoms with van der Waals surface area (Å²) in [6, 6.07) is 1.50. The molecule has 0 fully saturated rings. The number of halogens is 1. The fourth-order valence-corrected chi connectivity index (χ4v) is 2.40. The van der Waals surface area contributed by atoms with Gasteiger partial charge in [-0.3, -0.25) is 4.79 Å². The van der Waals surface area contributed by atoms with Crippen LogP contribution < -0.4 is 5.32 Å². The Morgan fingerprint density at radius 2 is 2.24 bits per heavy atom. The Morgan fingerprint density at radius 3 is 2.76 bits per heavy atom. The molecule has 1 aromatic carbocycles. The summed E-state index contributed by atoms with van der Waals surface area (Å²) in [5, 5.41) is 12.0. The van der Waals surface area contributed by atoms with E-state index in [1.807, 2.05) is 6.92 Å². The number of nitrogens with one attached hydrogen (secondary N) is 1. The van der Waals surface area contributed by atoms with Gasteiger partial charge in [0.1, 0.15) is 0 Å². The third-order valence-electron chi connectivity index (χ3n) is 3.11. The van der Waals surface area contributed by atoms with Crippen LogP contribution in [0, 0.1) is 6.92 Å². The van der Waals surface area contributed by atoms with Crippen LogP contribution in [-0.4, -0.2) is 17.0 Å². The molecule has 2 N–H and O–H groups in total. The van der Waals surface area contributed by atoms with E-state index in [0.717, 1.165) is 5.56 Å². The molecular weight excluding hydrogens is 242 g/mol. The number of carbonyl (C=O) groups excluding carboxylic acids is 1. The summed E-state index contributed by atoms with van der Waals surface area (Å²) in [4.78, 5) is 22.8. The second kappa shape index (κ2) is 4.04. The van der Waals surface area contributed by atoms with Crippen molar-refractivity contribution in [2.75, 3.05) is 5.32 Å². The van der Waals surface area contributed by atoms with E-state index in [1.54, 1.807) is 6.92 Å². The number of carboxylic acid groups (broad SMARTS) is 1. The zero-order valence-corrected chi connectivity index (χ0v) is 10.3. The van der Waals surface area contributed by atoms with Gasteiger partial charge in [0.15, 0.2) is 0 Å². The van der Waals surface area contributed by atoms with Gasteiger partial charge in [-0.1, -0.05) is 18.5 Å². The fourth-order valence-electron chi connectivity index (χ4n) is 2.17. The third-order valence-corrected chi connectivity index (χ3v) is 3.60. The first-order chi connectivity index (χ1) is 7.97. The quantitative estimate of drug-likeness (QED) is 0.852. The molecule has 1 heterocycles. The average molecular weight is 254 g/mol. The minimum atomic E-state index is -1.07. The van der Waals surface area contributed by atoms with Gasteiger partial charge in [0, 0.05) is 5.69 Å². The van der Waals surface area contributed by atoms with Gasteiger partial charge in [-0.15, -0.1) is 0 Å². The van der Waals surface area contributed by atoms with Crippen LogP contribution in [0.15, 0.2) is 6.07 Å². The van der Waals surface area contributed by atoms with Gasteiger partial charge >= 0.3 is 5.97 Å². The molecule has 2 rings (SSSR count). The van der Waals surface area contributed by atoms with Gasteiger partial charge in [0.05, 0.1) is 16.5 Å². The predicted octanol–water partition coefficient (Wildman–Crippen LogP) is 2.79. The molecule has 1 amide bonds. The fraction of sp³-hybridized carbons (Fsp3) is 0.333. The number of hydrogen-bond donors (Lipinski definition) is 2. The highest BCUT2D eigenvalue weighted by Gasteiger charge is 2.32. The molecule has 90 valence electrons. The van der Waals surface area contributed by atoms with Crippen molar-refractivity contribution in [1.82, 2.24) is 0 Å². The van der Waals surface area contributed by atoms with E-state index in [-0.39, 0.29) is 22.4 Å². The molecule has 0 radical (unpaired) electrons. The van der Waals surface area contributed by atoms with E-state index in [1.165, 1.54) is 6.07 Å². The molecule has 0 bridgehead atoms. The van der Waals surface area contributed by atoms with E-state index < -0.39 is 5.97 Å². The Morgan fingerprint density at radius 1 is 1.59 bits per heavy atom. The molecule has 1 atom stereocenters. The van der Waals surface area contributed by atoms with Gasteiger partial charge < -0.3 is 10.4 Å². The maximum atomic E-state index is 11.7. The largest absolute Gasteiger partial charge is 0.478 e. The molecule has 0 saturated heterocycles. The van der Waals surface area contributed by atoms with E-state index in [4.69, 9.17) is 16.7 Å². The van der Waals surface area contributed by atoms with Crippen LogP contribution in [0.25, 0.3) is 0 Å². The normalized spacial score (nSPS) is 17.8. The molecule has 0 spiro atoms. The summed E-state index contributed by atoms with van der Waals surface area (Å²) in [6.45, 7) is 3.61. The summed E-state index contributed by atoms with van der Waals surface area (Å²) >= 11 is 5.98. The van der Waals surface area contributed by atoms with Crippen LogP contribution in [-0.2, 0) is 4.79 Å². The van der Waals surface area contributed by atoms with E-state index in [2.05, 4.69) is 5.32 Å². The standard InChI is InChI=1S/C12H12ClNO3/c1-3-6-7-4-8(12(16)17)9(13)5(2)10(7)14-11(6)15/h4,6H,3H2,1-2H3,(H,14,15)(H,16,17). The maximum Gasteiger partial charge on any atom is 0.337 e. The molecule has 1 aromatic rings. The van der Waals surface area contributed by atoms with Crippen molar-refractivity contribution in [2.24, 2.45) is 0 Å². The number of benzene rings is 1. The lowest BCUT2D eigenvalue weighted by atomic mass is 9.94. The summed E-state index contributed by atoms with van der Waals surface area (Å²) in [5.74, 6) is -1.45. The van der Waals surface area contributed by atoms with Crippen molar-refractivity contribution in [3.63, 3.8) is 0 Å². The highest BCUT2D eigenvalue weighted by molar-refractivity contribution is 6.35. The number of carboxylic acids is 1. The Labute approximate surface area is 104 Å². The smallest absolute Gasteiger partial charge is 0.337 e. The second-order valence-electron chi connectivity index (χ2n) is 4.08. The van der Waals surface area contributed by atoms with Crippen LogP contribution in [0.3, 0.4) is 0 Å². The number of anilines is 1. The Hall–Kier alpha value is -1.55. The molecule has 5 heteroatoms. The first kappa shape index (κ1) is 11.9. The molecule has 1 aliphatic heterocycles. The Balaban J connectivity index is 2.68. The minimum absolute atomic E-state index is 0.0536. The summed E-state index contributed by atoms with van der Waals surface area (Å²) < 4.78 is 0. The van der Waals surface area contributed by atoms with Crippen molar-refractivity contribution in [1.29, 1.82) is 0 Å². The first-order valence-corrected chi connectivity index (χ1v) is 5.72. The molecule has 1 unspecified atom stereocenters. The Bertz CT molecular complexity index is 525. The van der Waals surface area contributed by atoms with Gasteiger partial charge in [-0.25, -0.2) is 4.79 Å². The van der Waals surface area contributed by atoms with Crippen molar-refractivity contribution < 1.29 is 14.7 Å². The zero-order chi connectivity index (χ0) is 12.7. The number of hydrogen-bond acceptors (Lipinski definition) is 2. The highest BCUT2D eigenvalue weighted by Crippen LogP contribution is 2.41. The van der Waals surface area contributed by atoms with Crippen molar-refractivity contribution in [2.45, 2.75) is 26.2 Å². The van der Waals surface area contributed by atoms with E-state index in [0.29, 0.717) is 17.7 Å². The monoisotopic (exact) mass is 253 g/mol. The SMILES string of the molecule is CCC1C(=O)Nc2c1cc(C(=O)O)c(Cl)c2C. The van der Waals surface area contributed by atoms with Crippen molar-refractivity contribution in [3.05, 3.63) is 27.8 Å². The maximum absolute atomic E-state index is 11.7. The van der Waals surface area contributed by atoms with Gasteiger partial charge in [-0.05, 0) is 30.5 Å². The highest BCUT2D eigenvalue weighted by atomic mass is 35.5. The van der Waals surface area contributed by atoms with Gasteiger partial charge in [-0.2, -0.15) is 0 Å². The first-order valence-electron chi connectivity index (χ1n) is 5.34. The lowest BCUT2D eigenvalue weighted by Gasteiger charge is -2.10. The van der Waals surface area contributed by atoms with Crippen LogP contribution in [0.5, 0.6) is 0 Å². The summed E-state index contributed by atoms with van der Waals surface area (Å²) in [7, 11) is 0. The van der Waals surface area contributed by atoms with Crippen LogP contribution in [0.2, 0.25) is 5.02 Å². The molecule has 0 saturated carbocycles. The molecule has 4 nitrogen and oxygen atoms in total. The number of rotatable bonds is 2. The van der Waals surface area contributed by atoms with Gasteiger partial charge in [0.2, 0.25) is 5.91 Å². The topological polar surface area (TPSA) is 66.4 Å².